The number of pyridine rings is 1. The van der Waals surface area contributed by atoms with Gasteiger partial charge in [-0.1, -0.05) is 37.5 Å². The highest BCUT2D eigenvalue weighted by Crippen LogP contribution is 2.29. The first-order valence-electron chi connectivity index (χ1n) is 9.58. The van der Waals surface area contributed by atoms with Crippen molar-refractivity contribution in [2.24, 2.45) is 5.92 Å². The Kier molecular flexibility index (Phi) is 4.86. The van der Waals surface area contributed by atoms with Crippen molar-refractivity contribution in [3.8, 4) is 5.75 Å². The molecule has 2 fully saturated rings. The zero-order valence-electron chi connectivity index (χ0n) is 14.7. The van der Waals surface area contributed by atoms with E-state index in [1.54, 1.807) is 6.20 Å². The van der Waals surface area contributed by atoms with Crippen molar-refractivity contribution in [2.45, 2.75) is 51.0 Å². The van der Waals surface area contributed by atoms with Gasteiger partial charge in [-0.2, -0.15) is 0 Å². The van der Waals surface area contributed by atoms with Crippen LogP contribution in [-0.2, 0) is 4.79 Å². The molecule has 1 aliphatic heterocycles. The van der Waals surface area contributed by atoms with E-state index in [9.17, 15) is 4.79 Å². The van der Waals surface area contributed by atoms with Crippen molar-refractivity contribution in [3.63, 3.8) is 0 Å². The Bertz CT molecular complexity index is 734. The van der Waals surface area contributed by atoms with E-state index in [1.165, 1.54) is 32.1 Å². The zero-order chi connectivity index (χ0) is 17.1. The monoisotopic (exact) mass is 338 g/mol. The lowest BCUT2D eigenvalue weighted by Crippen LogP contribution is -2.32. The Morgan fingerprint density at radius 1 is 1.12 bits per heavy atom. The molecular formula is C21H26N2O2. The lowest BCUT2D eigenvalue weighted by atomic mass is 9.87. The fourth-order valence-electron chi connectivity index (χ4n) is 4.17. The summed E-state index contributed by atoms with van der Waals surface area (Å²) in [7, 11) is 0. The van der Waals surface area contributed by atoms with Crippen LogP contribution in [0.3, 0.4) is 0 Å². The van der Waals surface area contributed by atoms with E-state index >= 15 is 0 Å². The van der Waals surface area contributed by atoms with Gasteiger partial charge in [-0.25, -0.2) is 0 Å². The molecule has 1 atom stereocenters. The number of likely N-dealkylation sites (tertiary alicyclic amines) is 1. The number of para-hydroxylation sites is 1. The molecule has 0 bridgehead atoms. The Balaban J connectivity index is 1.36. The van der Waals surface area contributed by atoms with Crippen LogP contribution in [0.25, 0.3) is 10.9 Å². The van der Waals surface area contributed by atoms with Gasteiger partial charge >= 0.3 is 0 Å². The van der Waals surface area contributed by atoms with Crippen LogP contribution in [0.5, 0.6) is 5.75 Å². The minimum atomic E-state index is 0.0721. The second-order valence-electron chi connectivity index (χ2n) is 7.41. The lowest BCUT2D eigenvalue weighted by Gasteiger charge is -2.24. The largest absolute Gasteiger partial charge is 0.486 e. The first kappa shape index (κ1) is 16.4. The van der Waals surface area contributed by atoms with Crippen molar-refractivity contribution in [3.05, 3.63) is 36.5 Å². The van der Waals surface area contributed by atoms with Crippen molar-refractivity contribution < 1.29 is 9.53 Å². The number of fused-ring (bicyclic) bond motifs is 1. The first-order chi connectivity index (χ1) is 12.3. The van der Waals surface area contributed by atoms with Gasteiger partial charge in [0.2, 0.25) is 5.91 Å². The molecule has 4 nitrogen and oxygen atoms in total. The molecule has 1 amide bonds. The van der Waals surface area contributed by atoms with E-state index in [-0.39, 0.29) is 6.10 Å². The van der Waals surface area contributed by atoms with Gasteiger partial charge in [-0.15, -0.1) is 0 Å². The maximum Gasteiger partial charge on any atom is 0.222 e. The summed E-state index contributed by atoms with van der Waals surface area (Å²) in [6.45, 7) is 1.52. The summed E-state index contributed by atoms with van der Waals surface area (Å²) in [5.41, 5.74) is 0.900. The van der Waals surface area contributed by atoms with E-state index in [0.29, 0.717) is 18.4 Å². The molecule has 2 heterocycles. The van der Waals surface area contributed by atoms with E-state index in [2.05, 4.69) is 4.98 Å². The number of benzene rings is 1. The highest BCUT2D eigenvalue weighted by Gasteiger charge is 2.29. The minimum absolute atomic E-state index is 0.0721. The molecule has 4 heteroatoms. The van der Waals surface area contributed by atoms with Crippen molar-refractivity contribution >= 4 is 16.8 Å². The second-order valence-corrected chi connectivity index (χ2v) is 7.41. The second kappa shape index (κ2) is 7.42. The Labute approximate surface area is 149 Å². The van der Waals surface area contributed by atoms with Gasteiger partial charge in [-0.05, 0) is 30.9 Å². The number of ether oxygens (including phenoxy) is 1. The quantitative estimate of drug-likeness (QED) is 0.840. The molecule has 0 spiro atoms. The number of carbonyl (C=O) groups excluding carboxylic acids is 1. The molecular weight excluding hydrogens is 312 g/mol. The van der Waals surface area contributed by atoms with Crippen LogP contribution in [0.4, 0.5) is 0 Å². The molecule has 1 saturated carbocycles. The number of aromatic nitrogens is 1. The molecule has 1 unspecified atom stereocenters. The van der Waals surface area contributed by atoms with Gasteiger partial charge < -0.3 is 9.64 Å². The topological polar surface area (TPSA) is 42.4 Å². The van der Waals surface area contributed by atoms with Crippen molar-refractivity contribution in [2.75, 3.05) is 13.1 Å². The molecule has 0 N–H and O–H groups in total. The molecule has 25 heavy (non-hydrogen) atoms. The van der Waals surface area contributed by atoms with Gasteiger partial charge in [0.05, 0.1) is 6.54 Å². The maximum absolute atomic E-state index is 12.6. The van der Waals surface area contributed by atoms with E-state index in [0.717, 1.165) is 36.0 Å². The fraction of sp³-hybridized carbons (Fsp3) is 0.524. The predicted octanol–water partition coefficient (Wildman–Crippen LogP) is 4.18. The third-order valence-corrected chi connectivity index (χ3v) is 5.58. The molecule has 1 aliphatic carbocycles. The van der Waals surface area contributed by atoms with Gasteiger partial charge in [0.1, 0.15) is 17.4 Å². The van der Waals surface area contributed by atoms with Crippen LogP contribution in [-0.4, -0.2) is 35.0 Å². The highest BCUT2D eigenvalue weighted by molar-refractivity contribution is 5.84. The van der Waals surface area contributed by atoms with Crippen LogP contribution in [0.15, 0.2) is 36.5 Å². The number of hydrogen-bond donors (Lipinski definition) is 0. The van der Waals surface area contributed by atoms with Crippen molar-refractivity contribution in [1.29, 1.82) is 0 Å². The molecule has 132 valence electrons. The fourth-order valence-corrected chi connectivity index (χ4v) is 4.17. The Morgan fingerprint density at radius 2 is 1.96 bits per heavy atom. The normalized spacial score (nSPS) is 21.6. The van der Waals surface area contributed by atoms with E-state index < -0.39 is 0 Å². The molecule has 1 saturated heterocycles. The average molecular weight is 338 g/mol. The molecule has 1 aromatic heterocycles. The number of hydrogen-bond acceptors (Lipinski definition) is 3. The number of rotatable bonds is 4. The molecule has 1 aromatic carbocycles. The number of amides is 1. The summed E-state index contributed by atoms with van der Waals surface area (Å²) >= 11 is 0. The molecule has 0 radical (unpaired) electrons. The van der Waals surface area contributed by atoms with Gasteiger partial charge in [0, 0.05) is 31.0 Å². The van der Waals surface area contributed by atoms with Crippen molar-refractivity contribution in [1.82, 2.24) is 9.88 Å². The summed E-state index contributed by atoms with van der Waals surface area (Å²) in [6, 6.07) is 10.0. The first-order valence-corrected chi connectivity index (χ1v) is 9.58. The Hall–Kier alpha value is -2.10. The van der Waals surface area contributed by atoms with Crippen LogP contribution < -0.4 is 4.74 Å². The van der Waals surface area contributed by atoms with E-state index in [4.69, 9.17) is 4.74 Å². The molecule has 4 rings (SSSR count). The smallest absolute Gasteiger partial charge is 0.222 e. The van der Waals surface area contributed by atoms with Crippen LogP contribution >= 0.6 is 0 Å². The van der Waals surface area contributed by atoms with Crippen LogP contribution in [0.1, 0.15) is 44.9 Å². The van der Waals surface area contributed by atoms with Gasteiger partial charge in [0.25, 0.3) is 0 Å². The summed E-state index contributed by atoms with van der Waals surface area (Å²) in [6.07, 6.45) is 9.86. The summed E-state index contributed by atoms with van der Waals surface area (Å²) in [4.78, 5) is 19.0. The third kappa shape index (κ3) is 3.78. The van der Waals surface area contributed by atoms with Crippen LogP contribution in [0.2, 0.25) is 0 Å². The third-order valence-electron chi connectivity index (χ3n) is 5.58. The number of carbonyl (C=O) groups is 1. The average Bonchev–Trinajstić information content (AvgIpc) is 3.12. The number of nitrogens with zero attached hydrogens (tertiary/aromatic N) is 2. The Morgan fingerprint density at radius 3 is 2.84 bits per heavy atom. The summed E-state index contributed by atoms with van der Waals surface area (Å²) < 4.78 is 6.20. The van der Waals surface area contributed by atoms with E-state index in [1.807, 2.05) is 35.2 Å². The zero-order valence-corrected chi connectivity index (χ0v) is 14.7. The maximum atomic E-state index is 12.6. The summed E-state index contributed by atoms with van der Waals surface area (Å²) in [5, 5.41) is 1.09. The molecule has 2 aromatic rings. The lowest BCUT2D eigenvalue weighted by molar-refractivity contribution is -0.131. The summed E-state index contributed by atoms with van der Waals surface area (Å²) in [5.74, 6) is 1.74. The SMILES string of the molecule is O=C(CC1CCCCC1)N1CCC(Oc2cccc3cccnc23)C1. The van der Waals surface area contributed by atoms with Crippen LogP contribution in [0, 0.1) is 5.92 Å². The highest BCUT2D eigenvalue weighted by atomic mass is 16.5. The molecule has 2 aliphatic rings. The predicted molar refractivity (Wildman–Crippen MR) is 98.5 cm³/mol. The van der Waals surface area contributed by atoms with Gasteiger partial charge in [-0.3, -0.25) is 9.78 Å². The minimum Gasteiger partial charge on any atom is -0.486 e. The van der Waals surface area contributed by atoms with Gasteiger partial charge in [0.15, 0.2) is 0 Å². The standard InChI is InChI=1S/C21H26N2O2/c24-20(14-16-6-2-1-3-7-16)23-13-11-18(15-23)25-19-10-4-8-17-9-5-12-22-21(17)19/h4-5,8-10,12,16,18H,1-3,6-7,11,13-15H2.